The Balaban J connectivity index is 1.49. The molecule has 1 saturated heterocycles. The molecule has 1 unspecified atom stereocenters. The molecule has 1 N–H and O–H groups in total. The summed E-state index contributed by atoms with van der Waals surface area (Å²) in [6.45, 7) is 2.28. The molecular weight excluding hydrogens is 304 g/mol. The van der Waals surface area contributed by atoms with Crippen LogP contribution in [0.5, 0.6) is 11.5 Å². The van der Waals surface area contributed by atoms with E-state index in [9.17, 15) is 4.79 Å². The molecule has 124 valence electrons. The molecule has 2 aromatic carbocycles. The van der Waals surface area contributed by atoms with E-state index >= 15 is 0 Å². The van der Waals surface area contributed by atoms with Gasteiger partial charge in [0, 0.05) is 13.1 Å². The number of amides is 1. The molecule has 0 radical (unpaired) electrons. The fourth-order valence-electron chi connectivity index (χ4n) is 3.18. The zero-order chi connectivity index (χ0) is 16.4. The first-order valence-corrected chi connectivity index (χ1v) is 8.34. The first kappa shape index (κ1) is 14.9. The molecule has 4 rings (SSSR count). The normalized spacial score (nSPS) is 19.2. The van der Waals surface area contributed by atoms with Gasteiger partial charge in [0.25, 0.3) is 5.91 Å². The van der Waals surface area contributed by atoms with Crippen molar-refractivity contribution in [1.82, 2.24) is 0 Å². The number of para-hydroxylation sites is 4. The fraction of sp³-hybridized carbons (Fsp3) is 0.316. The highest BCUT2D eigenvalue weighted by atomic mass is 16.6. The van der Waals surface area contributed by atoms with Gasteiger partial charge in [0.15, 0.2) is 11.5 Å². The lowest BCUT2D eigenvalue weighted by molar-refractivity contribution is -0.125. The number of nitrogens with zero attached hydrogens (tertiary/aromatic N) is 1. The molecule has 0 spiro atoms. The molecule has 1 amide bonds. The lowest BCUT2D eigenvalue weighted by Crippen LogP contribution is -2.40. The predicted molar refractivity (Wildman–Crippen MR) is 92.9 cm³/mol. The minimum atomic E-state index is -0.647. The number of fused-ring (bicyclic) bond motifs is 1. The van der Waals surface area contributed by atoms with E-state index in [1.807, 2.05) is 42.5 Å². The average molecular weight is 324 g/mol. The van der Waals surface area contributed by atoms with Crippen LogP contribution in [0.2, 0.25) is 0 Å². The SMILES string of the molecule is O=C(Nc1ccccc1N1CCCC1)C1COc2ccccc2O1. The summed E-state index contributed by atoms with van der Waals surface area (Å²) in [7, 11) is 0. The van der Waals surface area contributed by atoms with E-state index in [1.165, 1.54) is 12.8 Å². The van der Waals surface area contributed by atoms with Gasteiger partial charge in [0.1, 0.15) is 6.61 Å². The van der Waals surface area contributed by atoms with E-state index < -0.39 is 6.10 Å². The molecule has 2 aliphatic heterocycles. The van der Waals surface area contributed by atoms with Crippen molar-refractivity contribution in [2.75, 3.05) is 29.9 Å². The van der Waals surface area contributed by atoms with Crippen molar-refractivity contribution >= 4 is 17.3 Å². The third-order valence-electron chi connectivity index (χ3n) is 4.41. The van der Waals surface area contributed by atoms with Crippen LogP contribution in [-0.2, 0) is 4.79 Å². The van der Waals surface area contributed by atoms with E-state index in [4.69, 9.17) is 9.47 Å². The summed E-state index contributed by atoms with van der Waals surface area (Å²) in [4.78, 5) is 14.9. The lowest BCUT2D eigenvalue weighted by atomic mass is 10.2. The largest absolute Gasteiger partial charge is 0.485 e. The van der Waals surface area contributed by atoms with E-state index in [1.54, 1.807) is 0 Å². The number of nitrogens with one attached hydrogen (secondary N) is 1. The van der Waals surface area contributed by atoms with Crippen LogP contribution in [0, 0.1) is 0 Å². The summed E-state index contributed by atoms with van der Waals surface area (Å²) in [6.07, 6.45) is 1.74. The van der Waals surface area contributed by atoms with Gasteiger partial charge in [0.2, 0.25) is 6.10 Å². The van der Waals surface area contributed by atoms with E-state index in [-0.39, 0.29) is 12.5 Å². The maximum atomic E-state index is 12.6. The quantitative estimate of drug-likeness (QED) is 0.943. The average Bonchev–Trinajstić information content (AvgIpc) is 3.16. The van der Waals surface area contributed by atoms with Crippen molar-refractivity contribution < 1.29 is 14.3 Å². The third-order valence-corrected chi connectivity index (χ3v) is 4.41. The minimum absolute atomic E-state index is 0.184. The Morgan fingerprint density at radius 2 is 1.71 bits per heavy atom. The van der Waals surface area contributed by atoms with Gasteiger partial charge in [-0.15, -0.1) is 0 Å². The number of hydrogen-bond acceptors (Lipinski definition) is 4. The maximum Gasteiger partial charge on any atom is 0.269 e. The van der Waals surface area contributed by atoms with Gasteiger partial charge in [-0.05, 0) is 37.1 Å². The summed E-state index contributed by atoms with van der Waals surface area (Å²) in [5.74, 6) is 1.10. The molecule has 1 atom stereocenters. The zero-order valence-electron chi connectivity index (χ0n) is 13.4. The molecule has 0 bridgehead atoms. The molecule has 0 aliphatic carbocycles. The molecule has 2 heterocycles. The monoisotopic (exact) mass is 324 g/mol. The van der Waals surface area contributed by atoms with E-state index in [2.05, 4.69) is 16.3 Å². The number of carbonyl (C=O) groups excluding carboxylic acids is 1. The van der Waals surface area contributed by atoms with Crippen LogP contribution in [0.15, 0.2) is 48.5 Å². The van der Waals surface area contributed by atoms with E-state index in [0.29, 0.717) is 11.5 Å². The Labute approximate surface area is 141 Å². The number of carbonyl (C=O) groups is 1. The predicted octanol–water partition coefficient (Wildman–Crippen LogP) is 3.07. The second kappa shape index (κ2) is 6.43. The van der Waals surface area contributed by atoms with Gasteiger partial charge in [-0.1, -0.05) is 24.3 Å². The highest BCUT2D eigenvalue weighted by Crippen LogP contribution is 2.32. The number of benzene rings is 2. The Bertz CT molecular complexity index is 741. The van der Waals surface area contributed by atoms with Gasteiger partial charge in [-0.25, -0.2) is 0 Å². The summed E-state index contributed by atoms with van der Waals surface area (Å²) in [5.41, 5.74) is 1.90. The Kier molecular flexibility index (Phi) is 3.99. The first-order chi connectivity index (χ1) is 11.8. The van der Waals surface area contributed by atoms with Gasteiger partial charge in [-0.3, -0.25) is 4.79 Å². The van der Waals surface area contributed by atoms with Crippen molar-refractivity contribution in [3.63, 3.8) is 0 Å². The van der Waals surface area contributed by atoms with Crippen molar-refractivity contribution in [2.45, 2.75) is 18.9 Å². The third kappa shape index (κ3) is 2.89. The van der Waals surface area contributed by atoms with Crippen LogP contribution in [0.25, 0.3) is 0 Å². The van der Waals surface area contributed by atoms with Crippen LogP contribution in [0.3, 0.4) is 0 Å². The molecule has 1 fully saturated rings. The van der Waals surface area contributed by atoms with Crippen molar-refractivity contribution in [1.29, 1.82) is 0 Å². The van der Waals surface area contributed by atoms with Crippen LogP contribution in [0.1, 0.15) is 12.8 Å². The Hall–Kier alpha value is -2.69. The van der Waals surface area contributed by atoms with Gasteiger partial charge in [-0.2, -0.15) is 0 Å². The molecule has 2 aromatic rings. The Morgan fingerprint density at radius 3 is 2.54 bits per heavy atom. The minimum Gasteiger partial charge on any atom is -0.485 e. The smallest absolute Gasteiger partial charge is 0.269 e. The molecule has 5 nitrogen and oxygen atoms in total. The highest BCUT2D eigenvalue weighted by molar-refractivity contribution is 5.97. The summed E-state index contributed by atoms with van der Waals surface area (Å²) in [5, 5.41) is 3.00. The second-order valence-corrected chi connectivity index (χ2v) is 6.06. The number of hydrogen-bond donors (Lipinski definition) is 1. The molecule has 24 heavy (non-hydrogen) atoms. The van der Waals surface area contributed by atoms with Gasteiger partial charge >= 0.3 is 0 Å². The van der Waals surface area contributed by atoms with Crippen molar-refractivity contribution in [3.05, 3.63) is 48.5 Å². The Morgan fingerprint density at radius 1 is 1.00 bits per heavy atom. The number of anilines is 2. The molecule has 0 saturated carbocycles. The standard InChI is InChI=1S/C19H20N2O3/c22-19(18-13-23-16-9-3-4-10-17(16)24-18)20-14-7-1-2-8-15(14)21-11-5-6-12-21/h1-4,7-10,18H,5-6,11-13H2,(H,20,22). The maximum absolute atomic E-state index is 12.6. The summed E-state index contributed by atoms with van der Waals surface area (Å²) in [6, 6.07) is 15.3. The summed E-state index contributed by atoms with van der Waals surface area (Å²) >= 11 is 0. The van der Waals surface area contributed by atoms with E-state index in [0.717, 1.165) is 24.5 Å². The van der Waals surface area contributed by atoms with Crippen molar-refractivity contribution in [2.24, 2.45) is 0 Å². The van der Waals surface area contributed by atoms with Crippen LogP contribution in [-0.4, -0.2) is 31.7 Å². The molecule has 5 heteroatoms. The van der Waals surface area contributed by atoms with Gasteiger partial charge in [0.05, 0.1) is 11.4 Å². The molecular formula is C19H20N2O3. The number of rotatable bonds is 3. The molecule has 0 aromatic heterocycles. The zero-order valence-corrected chi connectivity index (χ0v) is 13.4. The second-order valence-electron chi connectivity index (χ2n) is 6.06. The highest BCUT2D eigenvalue weighted by Gasteiger charge is 2.28. The van der Waals surface area contributed by atoms with Crippen LogP contribution >= 0.6 is 0 Å². The first-order valence-electron chi connectivity index (χ1n) is 8.34. The summed E-state index contributed by atoms with van der Waals surface area (Å²) < 4.78 is 11.4. The number of ether oxygens (including phenoxy) is 2. The lowest BCUT2D eigenvalue weighted by Gasteiger charge is -2.27. The van der Waals surface area contributed by atoms with Crippen molar-refractivity contribution in [3.8, 4) is 11.5 Å². The molecule has 2 aliphatic rings. The topological polar surface area (TPSA) is 50.8 Å². The van der Waals surface area contributed by atoms with Crippen LogP contribution in [0.4, 0.5) is 11.4 Å². The van der Waals surface area contributed by atoms with Gasteiger partial charge < -0.3 is 19.7 Å². The van der Waals surface area contributed by atoms with Crippen LogP contribution < -0.4 is 19.7 Å². The fourth-order valence-corrected chi connectivity index (χ4v) is 3.18.